The van der Waals surface area contributed by atoms with Crippen LogP contribution in [0.25, 0.3) is 10.8 Å². The van der Waals surface area contributed by atoms with Gasteiger partial charge in [0.2, 0.25) is 0 Å². The molecule has 0 unspecified atom stereocenters. The van der Waals surface area contributed by atoms with Gasteiger partial charge in [-0.15, -0.1) is 0 Å². The maximum absolute atomic E-state index is 12.9. The molecule has 2 aromatic carbocycles. The molecule has 0 radical (unpaired) electrons. The molecule has 1 N–H and O–H groups in total. The highest BCUT2D eigenvalue weighted by molar-refractivity contribution is 5.92. The average molecular weight is 370 g/mol. The van der Waals surface area contributed by atoms with E-state index in [4.69, 9.17) is 9.47 Å². The fraction of sp³-hybridized carbons (Fsp3) is 0.200. The number of halogens is 1. The predicted octanol–water partition coefficient (Wildman–Crippen LogP) is 2.80. The number of carbonyl (C=O) groups excluding carboxylic acids is 1. The highest BCUT2D eigenvalue weighted by Crippen LogP contribution is 2.23. The third-order valence-electron chi connectivity index (χ3n) is 4.00. The van der Waals surface area contributed by atoms with E-state index in [1.54, 1.807) is 42.1 Å². The van der Waals surface area contributed by atoms with Gasteiger partial charge in [0.15, 0.2) is 6.61 Å². The molecule has 6 nitrogen and oxygen atoms in total. The van der Waals surface area contributed by atoms with Gasteiger partial charge in [0, 0.05) is 30.9 Å². The molecule has 0 spiro atoms. The number of rotatable bonds is 7. The minimum absolute atomic E-state index is 0.147. The van der Waals surface area contributed by atoms with Crippen molar-refractivity contribution in [1.29, 1.82) is 0 Å². The zero-order valence-corrected chi connectivity index (χ0v) is 14.8. The third kappa shape index (κ3) is 4.51. The van der Waals surface area contributed by atoms with Crippen LogP contribution in [-0.2, 0) is 16.1 Å². The smallest absolute Gasteiger partial charge is 0.262 e. The van der Waals surface area contributed by atoms with E-state index in [-0.39, 0.29) is 23.9 Å². The van der Waals surface area contributed by atoms with Gasteiger partial charge >= 0.3 is 0 Å². The maximum atomic E-state index is 12.9. The zero-order chi connectivity index (χ0) is 19.2. The summed E-state index contributed by atoms with van der Waals surface area (Å²) in [6.07, 6.45) is 1.68. The van der Waals surface area contributed by atoms with Crippen LogP contribution < -0.4 is 15.6 Å². The van der Waals surface area contributed by atoms with E-state index in [9.17, 15) is 14.0 Å². The lowest BCUT2D eigenvalue weighted by molar-refractivity contribution is -0.118. The first-order valence-corrected chi connectivity index (χ1v) is 8.38. The Morgan fingerprint density at radius 2 is 1.89 bits per heavy atom. The van der Waals surface area contributed by atoms with Crippen molar-refractivity contribution in [3.8, 4) is 5.75 Å². The standard InChI is InChI=1S/C20H19FN2O4/c1-26-12-11-23-10-9-16-17(20(23)25)3-2-4-18(16)27-13-19(24)22-15-7-5-14(21)6-8-15/h2-10H,11-13H2,1H3,(H,22,24). The van der Waals surface area contributed by atoms with Crippen LogP contribution in [-0.4, -0.2) is 30.8 Å². The molecule has 0 atom stereocenters. The van der Waals surface area contributed by atoms with Gasteiger partial charge in [-0.25, -0.2) is 4.39 Å². The third-order valence-corrected chi connectivity index (χ3v) is 4.00. The Morgan fingerprint density at radius 3 is 2.63 bits per heavy atom. The van der Waals surface area contributed by atoms with Crippen molar-refractivity contribution in [1.82, 2.24) is 4.57 Å². The summed E-state index contributed by atoms with van der Waals surface area (Å²) in [7, 11) is 1.58. The Labute approximate surface area is 155 Å². The largest absolute Gasteiger partial charge is 0.483 e. The van der Waals surface area contributed by atoms with Crippen molar-refractivity contribution in [2.24, 2.45) is 0 Å². The number of amides is 1. The second-order valence-electron chi connectivity index (χ2n) is 5.87. The second-order valence-corrected chi connectivity index (χ2v) is 5.87. The fourth-order valence-corrected chi connectivity index (χ4v) is 2.65. The van der Waals surface area contributed by atoms with Crippen LogP contribution in [0.4, 0.5) is 10.1 Å². The minimum atomic E-state index is -0.382. The minimum Gasteiger partial charge on any atom is -0.483 e. The lowest BCUT2D eigenvalue weighted by Gasteiger charge is -2.11. The fourth-order valence-electron chi connectivity index (χ4n) is 2.65. The van der Waals surface area contributed by atoms with Gasteiger partial charge in [-0.2, -0.15) is 0 Å². The highest BCUT2D eigenvalue weighted by Gasteiger charge is 2.10. The first-order chi connectivity index (χ1) is 13.1. The molecular formula is C20H19FN2O4. The normalized spacial score (nSPS) is 10.7. The number of nitrogens with one attached hydrogen (secondary N) is 1. The van der Waals surface area contributed by atoms with E-state index in [1.165, 1.54) is 24.3 Å². The van der Waals surface area contributed by atoms with Gasteiger partial charge in [-0.3, -0.25) is 9.59 Å². The Balaban J connectivity index is 1.73. The predicted molar refractivity (Wildman–Crippen MR) is 101 cm³/mol. The molecular weight excluding hydrogens is 351 g/mol. The molecule has 0 aliphatic carbocycles. The van der Waals surface area contributed by atoms with Crippen LogP contribution >= 0.6 is 0 Å². The lowest BCUT2D eigenvalue weighted by atomic mass is 10.1. The molecule has 3 aromatic rings. The summed E-state index contributed by atoms with van der Waals surface area (Å²) in [6.45, 7) is 0.658. The van der Waals surface area contributed by atoms with E-state index < -0.39 is 0 Å². The molecule has 27 heavy (non-hydrogen) atoms. The van der Waals surface area contributed by atoms with Crippen molar-refractivity contribution < 1.29 is 18.7 Å². The molecule has 1 amide bonds. The highest BCUT2D eigenvalue weighted by atomic mass is 19.1. The van der Waals surface area contributed by atoms with Crippen molar-refractivity contribution in [2.45, 2.75) is 6.54 Å². The molecule has 3 rings (SSSR count). The summed E-state index contributed by atoms with van der Waals surface area (Å²) in [6, 6.07) is 12.4. The van der Waals surface area contributed by atoms with E-state index in [1.807, 2.05) is 0 Å². The number of anilines is 1. The van der Waals surface area contributed by atoms with Crippen LogP contribution in [0.5, 0.6) is 5.75 Å². The van der Waals surface area contributed by atoms with Crippen LogP contribution in [0, 0.1) is 5.82 Å². The van der Waals surface area contributed by atoms with Crippen molar-refractivity contribution in [3.05, 3.63) is 70.9 Å². The van der Waals surface area contributed by atoms with Gasteiger partial charge in [0.05, 0.1) is 12.0 Å². The Bertz CT molecular complexity index is 999. The quantitative estimate of drug-likeness (QED) is 0.694. The van der Waals surface area contributed by atoms with Gasteiger partial charge in [0.1, 0.15) is 11.6 Å². The number of nitrogens with zero attached hydrogens (tertiary/aromatic N) is 1. The summed E-state index contributed by atoms with van der Waals surface area (Å²) in [5.41, 5.74) is 0.328. The molecule has 7 heteroatoms. The Morgan fingerprint density at radius 1 is 1.11 bits per heavy atom. The molecule has 140 valence electrons. The van der Waals surface area contributed by atoms with Crippen molar-refractivity contribution >= 4 is 22.4 Å². The average Bonchev–Trinajstić information content (AvgIpc) is 2.68. The second kappa shape index (κ2) is 8.46. The maximum Gasteiger partial charge on any atom is 0.262 e. The van der Waals surface area contributed by atoms with Gasteiger partial charge in [-0.05, 0) is 42.5 Å². The monoisotopic (exact) mass is 370 g/mol. The van der Waals surface area contributed by atoms with Crippen LogP contribution in [0.3, 0.4) is 0 Å². The number of carbonyl (C=O) groups is 1. The van der Waals surface area contributed by atoms with Gasteiger partial charge < -0.3 is 19.4 Å². The van der Waals surface area contributed by atoms with E-state index in [0.717, 1.165) is 0 Å². The number of methoxy groups -OCH3 is 1. The molecule has 0 aliphatic rings. The molecule has 0 fully saturated rings. The summed E-state index contributed by atoms with van der Waals surface area (Å²) >= 11 is 0. The number of benzene rings is 2. The number of hydrogen-bond acceptors (Lipinski definition) is 4. The summed E-state index contributed by atoms with van der Waals surface area (Å²) in [5, 5.41) is 3.76. The number of ether oxygens (including phenoxy) is 2. The summed E-state index contributed by atoms with van der Waals surface area (Å²) in [5.74, 6) is -0.319. The summed E-state index contributed by atoms with van der Waals surface area (Å²) in [4.78, 5) is 24.6. The molecule has 0 saturated heterocycles. The van der Waals surface area contributed by atoms with Crippen molar-refractivity contribution in [2.75, 3.05) is 25.6 Å². The van der Waals surface area contributed by atoms with Gasteiger partial charge in [-0.1, -0.05) is 6.07 Å². The Kier molecular flexibility index (Phi) is 5.83. The van der Waals surface area contributed by atoms with Gasteiger partial charge in [0.25, 0.3) is 11.5 Å². The van der Waals surface area contributed by atoms with Crippen LogP contribution in [0.15, 0.2) is 59.5 Å². The summed E-state index contributed by atoms with van der Waals surface area (Å²) < 4.78 is 25.1. The van der Waals surface area contributed by atoms with E-state index in [2.05, 4.69) is 5.32 Å². The molecule has 0 aliphatic heterocycles. The number of hydrogen-bond donors (Lipinski definition) is 1. The first kappa shape index (κ1) is 18.6. The van der Waals surface area contributed by atoms with E-state index in [0.29, 0.717) is 35.4 Å². The number of fused-ring (bicyclic) bond motifs is 1. The zero-order valence-electron chi connectivity index (χ0n) is 14.8. The van der Waals surface area contributed by atoms with Crippen LogP contribution in [0.2, 0.25) is 0 Å². The lowest BCUT2D eigenvalue weighted by Crippen LogP contribution is -2.22. The Hall–Kier alpha value is -3.19. The molecule has 0 bridgehead atoms. The molecule has 1 heterocycles. The number of aromatic nitrogens is 1. The number of pyridine rings is 1. The SMILES string of the molecule is COCCn1ccc2c(OCC(=O)Nc3ccc(F)cc3)cccc2c1=O. The van der Waals surface area contributed by atoms with Crippen LogP contribution in [0.1, 0.15) is 0 Å². The topological polar surface area (TPSA) is 69.6 Å². The van der Waals surface area contributed by atoms with Crippen molar-refractivity contribution in [3.63, 3.8) is 0 Å². The van der Waals surface area contributed by atoms with E-state index >= 15 is 0 Å². The molecule has 0 saturated carbocycles. The first-order valence-electron chi connectivity index (χ1n) is 8.38. The molecule has 1 aromatic heterocycles.